The molecule has 3 aromatic rings. The average Bonchev–Trinajstić information content (AvgIpc) is 3.29. The lowest BCUT2D eigenvalue weighted by Gasteiger charge is -2.15. The number of halogens is 1. The summed E-state index contributed by atoms with van der Waals surface area (Å²) in [4.78, 5) is 8.46. The number of thiazole rings is 1. The highest BCUT2D eigenvalue weighted by Crippen LogP contribution is 2.30. The Balaban J connectivity index is 0.00000169. The zero-order valence-corrected chi connectivity index (χ0v) is 15.6. The predicted octanol–water partition coefficient (Wildman–Crippen LogP) is 4.22. The first-order valence-corrected chi connectivity index (χ1v) is 9.56. The SMILES string of the molecule is Cl.N[C@@H]1CN(Cc2csc(-c3cccs3)n2)C[C@H]1c1ccccc1. The van der Waals surface area contributed by atoms with Crippen LogP contribution in [0.3, 0.4) is 0 Å². The quantitative estimate of drug-likeness (QED) is 0.740. The summed E-state index contributed by atoms with van der Waals surface area (Å²) in [6.45, 7) is 2.83. The van der Waals surface area contributed by atoms with Gasteiger partial charge >= 0.3 is 0 Å². The Labute approximate surface area is 156 Å². The van der Waals surface area contributed by atoms with E-state index in [0.717, 1.165) is 30.3 Å². The second kappa shape index (κ2) is 7.76. The molecule has 3 nitrogen and oxygen atoms in total. The molecule has 1 aliphatic heterocycles. The van der Waals surface area contributed by atoms with E-state index in [1.165, 1.54) is 10.4 Å². The van der Waals surface area contributed by atoms with Crippen LogP contribution >= 0.6 is 35.1 Å². The fourth-order valence-corrected chi connectivity index (χ4v) is 4.84. The molecule has 2 atom stereocenters. The summed E-state index contributed by atoms with van der Waals surface area (Å²) >= 11 is 3.47. The van der Waals surface area contributed by atoms with Crippen molar-refractivity contribution in [3.8, 4) is 9.88 Å². The molecule has 1 saturated heterocycles. The van der Waals surface area contributed by atoms with Crippen LogP contribution in [0, 0.1) is 0 Å². The van der Waals surface area contributed by atoms with E-state index in [2.05, 4.69) is 58.1 Å². The molecule has 0 bridgehead atoms. The standard InChI is InChI=1S/C18H19N3S2.ClH/c19-16-11-21(10-15(16)13-5-2-1-3-6-13)9-14-12-23-18(20-14)17-7-4-8-22-17;/h1-8,12,15-16H,9-11,19H2;1H/t15-,16+;/m0./s1. The van der Waals surface area contributed by atoms with E-state index < -0.39 is 0 Å². The van der Waals surface area contributed by atoms with Crippen LogP contribution in [0.4, 0.5) is 0 Å². The van der Waals surface area contributed by atoms with Gasteiger partial charge in [0.15, 0.2) is 0 Å². The van der Waals surface area contributed by atoms with Gasteiger partial charge in [-0.1, -0.05) is 36.4 Å². The molecule has 0 aliphatic carbocycles. The first-order chi connectivity index (χ1) is 11.3. The highest BCUT2D eigenvalue weighted by molar-refractivity contribution is 7.20. The Morgan fingerprint density at radius 2 is 1.92 bits per heavy atom. The van der Waals surface area contributed by atoms with Crippen LogP contribution in [0.2, 0.25) is 0 Å². The summed E-state index contributed by atoms with van der Waals surface area (Å²) in [5.41, 5.74) is 8.88. The fraction of sp³-hybridized carbons (Fsp3) is 0.278. The maximum Gasteiger partial charge on any atom is 0.133 e. The summed E-state index contributed by atoms with van der Waals surface area (Å²) in [5.74, 6) is 0.423. The van der Waals surface area contributed by atoms with Crippen LogP contribution in [0.25, 0.3) is 9.88 Å². The van der Waals surface area contributed by atoms with Crippen LogP contribution in [-0.4, -0.2) is 29.0 Å². The van der Waals surface area contributed by atoms with Gasteiger partial charge < -0.3 is 5.73 Å². The van der Waals surface area contributed by atoms with Gasteiger partial charge in [0.05, 0.1) is 10.6 Å². The first-order valence-electron chi connectivity index (χ1n) is 7.81. The van der Waals surface area contributed by atoms with Crippen molar-refractivity contribution in [2.24, 2.45) is 5.73 Å². The van der Waals surface area contributed by atoms with Crippen LogP contribution in [0.15, 0.2) is 53.2 Å². The van der Waals surface area contributed by atoms with Gasteiger partial charge in [0.1, 0.15) is 5.01 Å². The van der Waals surface area contributed by atoms with E-state index in [-0.39, 0.29) is 18.4 Å². The zero-order valence-electron chi connectivity index (χ0n) is 13.2. The van der Waals surface area contributed by atoms with Crippen molar-refractivity contribution < 1.29 is 0 Å². The third-order valence-corrected chi connectivity index (χ3v) is 6.27. The zero-order chi connectivity index (χ0) is 15.6. The van der Waals surface area contributed by atoms with Crippen LogP contribution < -0.4 is 5.73 Å². The summed E-state index contributed by atoms with van der Waals surface area (Å²) < 4.78 is 0. The maximum atomic E-state index is 6.38. The van der Waals surface area contributed by atoms with Gasteiger partial charge in [-0.05, 0) is 17.0 Å². The average molecular weight is 378 g/mol. The Morgan fingerprint density at radius 3 is 2.67 bits per heavy atom. The lowest BCUT2D eigenvalue weighted by Crippen LogP contribution is -2.28. The molecular weight excluding hydrogens is 358 g/mol. The van der Waals surface area contributed by atoms with Crippen molar-refractivity contribution in [2.75, 3.05) is 13.1 Å². The molecule has 1 aliphatic rings. The highest BCUT2D eigenvalue weighted by Gasteiger charge is 2.31. The minimum Gasteiger partial charge on any atom is -0.326 e. The molecule has 3 heterocycles. The van der Waals surface area contributed by atoms with Gasteiger partial charge in [0.25, 0.3) is 0 Å². The van der Waals surface area contributed by atoms with Crippen LogP contribution in [0.1, 0.15) is 17.2 Å². The monoisotopic (exact) mass is 377 g/mol. The van der Waals surface area contributed by atoms with E-state index >= 15 is 0 Å². The number of hydrogen-bond acceptors (Lipinski definition) is 5. The van der Waals surface area contributed by atoms with Crippen molar-refractivity contribution in [1.29, 1.82) is 0 Å². The van der Waals surface area contributed by atoms with Gasteiger partial charge in [0, 0.05) is 37.0 Å². The van der Waals surface area contributed by atoms with Gasteiger partial charge in [0.2, 0.25) is 0 Å². The van der Waals surface area contributed by atoms with E-state index in [4.69, 9.17) is 10.7 Å². The molecule has 0 spiro atoms. The van der Waals surface area contributed by atoms with E-state index in [1.807, 2.05) is 0 Å². The Bertz CT molecular complexity index is 758. The van der Waals surface area contributed by atoms with Crippen molar-refractivity contribution >= 4 is 35.1 Å². The van der Waals surface area contributed by atoms with E-state index in [0.29, 0.717) is 5.92 Å². The lowest BCUT2D eigenvalue weighted by atomic mass is 9.95. The van der Waals surface area contributed by atoms with Gasteiger partial charge in [-0.3, -0.25) is 4.90 Å². The Hall–Kier alpha value is -1.24. The normalized spacial score (nSPS) is 20.9. The second-order valence-electron chi connectivity index (χ2n) is 6.00. The summed E-state index contributed by atoms with van der Waals surface area (Å²) in [6, 6.07) is 15.0. The van der Waals surface area contributed by atoms with Gasteiger partial charge in [-0.15, -0.1) is 35.1 Å². The van der Waals surface area contributed by atoms with Crippen molar-refractivity contribution in [2.45, 2.75) is 18.5 Å². The number of nitrogens with zero attached hydrogens (tertiary/aromatic N) is 2. The van der Waals surface area contributed by atoms with E-state index in [9.17, 15) is 0 Å². The number of likely N-dealkylation sites (tertiary alicyclic amines) is 1. The largest absolute Gasteiger partial charge is 0.326 e. The van der Waals surface area contributed by atoms with Crippen molar-refractivity contribution in [3.63, 3.8) is 0 Å². The molecule has 4 rings (SSSR count). The summed E-state index contributed by atoms with van der Waals surface area (Å²) in [7, 11) is 0. The topological polar surface area (TPSA) is 42.1 Å². The molecule has 2 aromatic heterocycles. The number of nitrogens with two attached hydrogens (primary N) is 1. The Kier molecular flexibility index (Phi) is 5.69. The summed E-state index contributed by atoms with van der Waals surface area (Å²) in [6.07, 6.45) is 0. The molecule has 0 amide bonds. The molecular formula is C18H20ClN3S2. The molecule has 24 heavy (non-hydrogen) atoms. The molecule has 6 heteroatoms. The third-order valence-electron chi connectivity index (χ3n) is 4.34. The minimum absolute atomic E-state index is 0. The Morgan fingerprint density at radius 1 is 1.08 bits per heavy atom. The number of aromatic nitrogens is 1. The van der Waals surface area contributed by atoms with Gasteiger partial charge in [-0.25, -0.2) is 4.98 Å². The van der Waals surface area contributed by atoms with Crippen LogP contribution in [-0.2, 0) is 6.54 Å². The van der Waals surface area contributed by atoms with Crippen molar-refractivity contribution in [3.05, 3.63) is 64.5 Å². The second-order valence-corrected chi connectivity index (χ2v) is 7.80. The van der Waals surface area contributed by atoms with Crippen molar-refractivity contribution in [1.82, 2.24) is 9.88 Å². The molecule has 2 N–H and O–H groups in total. The van der Waals surface area contributed by atoms with Crippen LogP contribution in [0.5, 0.6) is 0 Å². The molecule has 0 unspecified atom stereocenters. The smallest absolute Gasteiger partial charge is 0.133 e. The minimum atomic E-state index is 0. The number of rotatable bonds is 4. The predicted molar refractivity (Wildman–Crippen MR) is 105 cm³/mol. The molecule has 0 radical (unpaired) electrons. The number of hydrogen-bond donors (Lipinski definition) is 1. The first kappa shape index (κ1) is 17.6. The highest BCUT2D eigenvalue weighted by atomic mass is 35.5. The molecule has 0 saturated carbocycles. The number of benzene rings is 1. The third kappa shape index (κ3) is 3.71. The maximum absolute atomic E-state index is 6.38. The van der Waals surface area contributed by atoms with E-state index in [1.54, 1.807) is 22.7 Å². The lowest BCUT2D eigenvalue weighted by molar-refractivity contribution is 0.320. The number of thiophene rings is 1. The molecule has 1 aromatic carbocycles. The molecule has 126 valence electrons. The fourth-order valence-electron chi connectivity index (χ4n) is 3.22. The molecule has 1 fully saturated rings. The summed E-state index contributed by atoms with van der Waals surface area (Å²) in [5, 5.41) is 5.40. The van der Waals surface area contributed by atoms with Gasteiger partial charge in [-0.2, -0.15) is 0 Å².